The lowest BCUT2D eigenvalue weighted by atomic mass is 9.98. The predicted octanol–water partition coefficient (Wildman–Crippen LogP) is 8.69. The maximum Gasteiger partial charge on any atom is 0.271 e. The first-order chi connectivity index (χ1) is 21.5. The smallest absolute Gasteiger partial charge is 0.271 e. The third-order valence-corrected chi connectivity index (χ3v) is 9.83. The van der Waals surface area contributed by atoms with Crippen molar-refractivity contribution in [2.24, 2.45) is 7.05 Å². The van der Waals surface area contributed by atoms with Gasteiger partial charge in [0.2, 0.25) is 0 Å². The van der Waals surface area contributed by atoms with Crippen molar-refractivity contribution >= 4 is 51.6 Å². The molecule has 0 atom stereocenters. The van der Waals surface area contributed by atoms with Gasteiger partial charge in [0.25, 0.3) is 5.91 Å². The number of fused-ring (bicyclic) bond motifs is 3. The number of carbonyl (C=O) groups is 1. The zero-order chi connectivity index (χ0) is 32.0. The molecule has 0 N–H and O–H groups in total. The number of pyridine rings is 1. The maximum atomic E-state index is 14.5. The monoisotopic (exact) mass is 663 g/mol. The van der Waals surface area contributed by atoms with Gasteiger partial charge in [0.05, 0.1) is 35.1 Å². The third kappa shape index (κ3) is 5.94. The summed E-state index contributed by atoms with van der Waals surface area (Å²) in [6.45, 7) is 10.2. The fraction of sp³-hybridized carbons (Fsp3) is 0.343. The van der Waals surface area contributed by atoms with Crippen LogP contribution in [-0.4, -0.2) is 43.3 Å². The minimum absolute atomic E-state index is 0.0213. The molecule has 5 aromatic rings. The van der Waals surface area contributed by atoms with Gasteiger partial charge in [0.1, 0.15) is 16.6 Å². The van der Waals surface area contributed by atoms with Crippen LogP contribution in [0.25, 0.3) is 22.0 Å². The van der Waals surface area contributed by atoms with E-state index in [0.717, 1.165) is 79.4 Å². The van der Waals surface area contributed by atoms with Crippen LogP contribution in [0.2, 0.25) is 15.2 Å². The van der Waals surface area contributed by atoms with Crippen molar-refractivity contribution in [3.8, 4) is 16.9 Å². The maximum absolute atomic E-state index is 14.5. The largest absolute Gasteiger partial charge is 0.494 e. The van der Waals surface area contributed by atoms with Crippen LogP contribution in [-0.2, 0) is 26.6 Å². The van der Waals surface area contributed by atoms with E-state index >= 15 is 0 Å². The fourth-order valence-corrected chi connectivity index (χ4v) is 7.11. The molecule has 234 valence electrons. The van der Waals surface area contributed by atoms with E-state index in [1.54, 1.807) is 6.07 Å². The summed E-state index contributed by atoms with van der Waals surface area (Å²) in [7, 11) is 1.94. The molecule has 4 heterocycles. The third-order valence-electron chi connectivity index (χ3n) is 8.71. The molecule has 0 radical (unpaired) electrons. The van der Waals surface area contributed by atoms with Crippen LogP contribution >= 0.6 is 34.8 Å². The molecule has 1 amide bonds. The van der Waals surface area contributed by atoms with Crippen LogP contribution in [0.1, 0.15) is 57.1 Å². The second kappa shape index (κ2) is 12.7. The highest BCUT2D eigenvalue weighted by Gasteiger charge is 2.32. The molecule has 3 aromatic heterocycles. The van der Waals surface area contributed by atoms with E-state index in [0.29, 0.717) is 48.5 Å². The molecule has 0 saturated carbocycles. The lowest BCUT2D eigenvalue weighted by Crippen LogP contribution is -2.31. The van der Waals surface area contributed by atoms with Crippen molar-refractivity contribution in [1.29, 1.82) is 0 Å². The standard InChI is InChI=1S/C35H36Cl3N5O2/c1-20-17-25(18-21(2)32(20)38)45-16-7-10-26-27-12-13-28(36)31(30-22(3)40-41(5)23(30)4)33(27)43-15-8-14-42(35(44)34(26)43)19-24-9-6-11-29(37)39-24/h6,9,11-13,17-18H,7-8,10,14-16,19H2,1-5H3. The van der Waals surface area contributed by atoms with Crippen molar-refractivity contribution in [1.82, 2.24) is 24.2 Å². The highest BCUT2D eigenvalue weighted by Crippen LogP contribution is 2.43. The molecule has 0 bridgehead atoms. The van der Waals surface area contributed by atoms with E-state index in [1.807, 2.05) is 67.7 Å². The number of hydrogen-bond donors (Lipinski definition) is 0. The minimum Gasteiger partial charge on any atom is -0.494 e. The Balaban J connectivity index is 1.43. The van der Waals surface area contributed by atoms with E-state index in [2.05, 4.69) is 22.5 Å². The molecule has 7 nitrogen and oxygen atoms in total. The van der Waals surface area contributed by atoms with Crippen LogP contribution in [0.5, 0.6) is 5.75 Å². The number of hydrogen-bond acceptors (Lipinski definition) is 4. The molecule has 10 heteroatoms. The van der Waals surface area contributed by atoms with E-state index in [4.69, 9.17) is 44.6 Å². The van der Waals surface area contributed by atoms with E-state index in [1.165, 1.54) is 0 Å². The number of halogens is 3. The molecule has 0 unspecified atom stereocenters. The molecule has 0 aliphatic carbocycles. The highest BCUT2D eigenvalue weighted by atomic mass is 35.5. The summed E-state index contributed by atoms with van der Waals surface area (Å²) in [5.41, 5.74) is 9.27. The molecular weight excluding hydrogens is 629 g/mol. The molecule has 45 heavy (non-hydrogen) atoms. The van der Waals surface area contributed by atoms with Crippen LogP contribution < -0.4 is 4.74 Å². The topological polar surface area (TPSA) is 65.2 Å². The fourth-order valence-electron chi connectivity index (χ4n) is 6.57. The molecule has 1 aliphatic heterocycles. The Hall–Kier alpha value is -3.52. The second-order valence-corrected chi connectivity index (χ2v) is 13.0. The van der Waals surface area contributed by atoms with Gasteiger partial charge in [0.15, 0.2) is 0 Å². The SMILES string of the molecule is Cc1cc(OCCCc2c3n(c4c(-c5c(C)nn(C)c5C)c(Cl)ccc24)CCCN(Cc2cccc(Cl)n2)C3=O)cc(C)c1Cl. The summed E-state index contributed by atoms with van der Waals surface area (Å²) >= 11 is 19.6. The van der Waals surface area contributed by atoms with Gasteiger partial charge in [-0.2, -0.15) is 5.10 Å². The van der Waals surface area contributed by atoms with Gasteiger partial charge in [-0.3, -0.25) is 9.48 Å². The summed E-state index contributed by atoms with van der Waals surface area (Å²) in [6.07, 6.45) is 2.17. The normalized spacial score (nSPS) is 13.4. The Morgan fingerprint density at radius 1 is 0.956 bits per heavy atom. The molecule has 6 rings (SSSR count). The summed E-state index contributed by atoms with van der Waals surface area (Å²) in [4.78, 5) is 20.8. The van der Waals surface area contributed by atoms with Crippen LogP contribution in [0.15, 0.2) is 42.5 Å². The van der Waals surface area contributed by atoms with E-state index in [9.17, 15) is 4.79 Å². The van der Waals surface area contributed by atoms with Crippen molar-refractivity contribution in [2.75, 3.05) is 13.2 Å². The Morgan fingerprint density at radius 3 is 2.40 bits per heavy atom. The number of ether oxygens (including phenoxy) is 1. The van der Waals surface area contributed by atoms with Gasteiger partial charge < -0.3 is 14.2 Å². The quantitative estimate of drug-likeness (QED) is 0.123. The zero-order valence-corrected chi connectivity index (χ0v) is 28.4. The Kier molecular flexibility index (Phi) is 8.88. The first-order valence-electron chi connectivity index (χ1n) is 15.2. The average Bonchev–Trinajstić information content (AvgIpc) is 3.37. The number of aryl methyl sites for hydroxylation is 6. The molecule has 0 fully saturated rings. The molecular formula is C35H36Cl3N5O2. The second-order valence-electron chi connectivity index (χ2n) is 11.8. The van der Waals surface area contributed by atoms with Gasteiger partial charge in [-0.05, 0) is 94.0 Å². The lowest BCUT2D eigenvalue weighted by molar-refractivity contribution is 0.0743. The van der Waals surface area contributed by atoms with Gasteiger partial charge in [-0.25, -0.2) is 4.98 Å². The molecule has 0 saturated heterocycles. The van der Waals surface area contributed by atoms with Crippen molar-refractivity contribution in [3.63, 3.8) is 0 Å². The number of benzene rings is 2. The number of amides is 1. The van der Waals surface area contributed by atoms with Gasteiger partial charge >= 0.3 is 0 Å². The number of carbonyl (C=O) groups excluding carboxylic acids is 1. The number of rotatable bonds is 8. The Labute approximate surface area is 278 Å². The summed E-state index contributed by atoms with van der Waals surface area (Å²) in [6, 6.07) is 13.5. The summed E-state index contributed by atoms with van der Waals surface area (Å²) < 4.78 is 10.2. The van der Waals surface area contributed by atoms with Gasteiger partial charge in [0, 0.05) is 47.4 Å². The molecule has 2 aromatic carbocycles. The van der Waals surface area contributed by atoms with Crippen LogP contribution in [0, 0.1) is 27.7 Å². The van der Waals surface area contributed by atoms with Crippen molar-refractivity contribution in [2.45, 2.75) is 60.0 Å². The predicted molar refractivity (Wildman–Crippen MR) is 182 cm³/mol. The summed E-state index contributed by atoms with van der Waals surface area (Å²) in [5.74, 6) is 0.773. The molecule has 1 aliphatic rings. The highest BCUT2D eigenvalue weighted by molar-refractivity contribution is 6.35. The molecule has 0 spiro atoms. The minimum atomic E-state index is -0.0213. The summed E-state index contributed by atoms with van der Waals surface area (Å²) in [5, 5.41) is 7.53. The van der Waals surface area contributed by atoms with Crippen LogP contribution in [0.3, 0.4) is 0 Å². The van der Waals surface area contributed by atoms with Crippen molar-refractivity contribution in [3.05, 3.63) is 97.1 Å². The average molecular weight is 665 g/mol. The number of aromatic nitrogens is 4. The first kappa shape index (κ1) is 31.5. The Bertz CT molecular complexity index is 1920. The lowest BCUT2D eigenvalue weighted by Gasteiger charge is -2.20. The number of nitrogens with zero attached hydrogens (tertiary/aromatic N) is 5. The zero-order valence-electron chi connectivity index (χ0n) is 26.2. The van der Waals surface area contributed by atoms with E-state index in [-0.39, 0.29) is 5.91 Å². The van der Waals surface area contributed by atoms with Crippen molar-refractivity contribution < 1.29 is 9.53 Å². The first-order valence-corrected chi connectivity index (χ1v) is 16.3. The van der Waals surface area contributed by atoms with E-state index < -0.39 is 0 Å². The van der Waals surface area contributed by atoms with Gasteiger partial charge in [-0.15, -0.1) is 0 Å². The van der Waals surface area contributed by atoms with Gasteiger partial charge in [-0.1, -0.05) is 46.9 Å². The Morgan fingerprint density at radius 2 is 1.71 bits per heavy atom. The van der Waals surface area contributed by atoms with Crippen LogP contribution in [0.4, 0.5) is 0 Å².